The minimum Gasteiger partial charge on any atom is -0.457 e. The second kappa shape index (κ2) is 5.42. The zero-order chi connectivity index (χ0) is 15.3. The maximum absolute atomic E-state index is 6.11. The zero-order valence-electron chi connectivity index (χ0n) is 11.5. The fourth-order valence-electron chi connectivity index (χ4n) is 3.06. The molecule has 2 aromatic rings. The van der Waals surface area contributed by atoms with Crippen molar-refractivity contribution in [3.05, 3.63) is 55.6 Å². The number of benzene rings is 2. The lowest BCUT2D eigenvalue weighted by Gasteiger charge is -2.39. The number of hydrogen-bond acceptors (Lipinski definition) is 4. The molecular formula is C16H12BrIN2OS. The molecule has 0 aliphatic carbocycles. The number of aliphatic imine (C=N–C) groups is 1. The Balaban J connectivity index is 2.05. The summed E-state index contributed by atoms with van der Waals surface area (Å²) in [6.07, 6.45) is 0.915. The number of fused-ring (bicyclic) bond motifs is 4. The van der Waals surface area contributed by atoms with Crippen LogP contribution < -0.4 is 10.5 Å². The maximum Gasteiger partial charge on any atom is 0.155 e. The van der Waals surface area contributed by atoms with Gasteiger partial charge in [0.25, 0.3) is 0 Å². The monoisotopic (exact) mass is 486 g/mol. The zero-order valence-corrected chi connectivity index (χ0v) is 16.0. The van der Waals surface area contributed by atoms with Crippen LogP contribution in [-0.4, -0.2) is 10.9 Å². The lowest BCUT2D eigenvalue weighted by molar-refractivity contribution is 0.391. The molecule has 0 fully saturated rings. The van der Waals surface area contributed by atoms with Crippen LogP contribution in [0.1, 0.15) is 17.5 Å². The molecule has 2 aliphatic heterocycles. The van der Waals surface area contributed by atoms with Crippen molar-refractivity contribution in [2.24, 2.45) is 10.7 Å². The minimum atomic E-state index is -0.441. The topological polar surface area (TPSA) is 47.6 Å². The Morgan fingerprint density at radius 3 is 2.68 bits per heavy atom. The third-order valence-electron chi connectivity index (χ3n) is 4.01. The van der Waals surface area contributed by atoms with Gasteiger partial charge in [0.15, 0.2) is 5.17 Å². The highest BCUT2D eigenvalue weighted by Gasteiger charge is 2.44. The fourth-order valence-corrected chi connectivity index (χ4v) is 4.74. The first-order chi connectivity index (χ1) is 10.6. The third kappa shape index (κ3) is 2.27. The lowest BCUT2D eigenvalue weighted by Crippen LogP contribution is -2.35. The molecule has 1 atom stereocenters. The van der Waals surface area contributed by atoms with Crippen molar-refractivity contribution in [1.82, 2.24) is 0 Å². The van der Waals surface area contributed by atoms with Crippen LogP contribution in [0.25, 0.3) is 0 Å². The summed E-state index contributed by atoms with van der Waals surface area (Å²) in [7, 11) is 0. The first-order valence-electron chi connectivity index (χ1n) is 6.84. The first kappa shape index (κ1) is 14.8. The van der Waals surface area contributed by atoms with E-state index in [-0.39, 0.29) is 0 Å². The molecule has 2 aromatic carbocycles. The fraction of sp³-hybridized carbons (Fsp3) is 0.188. The molecule has 1 spiro atoms. The van der Waals surface area contributed by atoms with E-state index in [1.807, 2.05) is 18.2 Å². The van der Waals surface area contributed by atoms with Gasteiger partial charge in [0.05, 0.1) is 0 Å². The second-order valence-corrected chi connectivity index (χ2v) is 8.57. The van der Waals surface area contributed by atoms with Crippen molar-refractivity contribution in [2.75, 3.05) is 5.75 Å². The molecule has 2 aliphatic rings. The molecule has 0 amide bonds. The second-order valence-electron chi connectivity index (χ2n) is 5.29. The van der Waals surface area contributed by atoms with Gasteiger partial charge in [0.2, 0.25) is 0 Å². The van der Waals surface area contributed by atoms with E-state index < -0.39 is 5.54 Å². The number of halogens is 2. The molecule has 2 N–H and O–H groups in total. The van der Waals surface area contributed by atoms with Crippen molar-refractivity contribution >= 4 is 55.5 Å². The van der Waals surface area contributed by atoms with Gasteiger partial charge in [-0.3, -0.25) is 0 Å². The van der Waals surface area contributed by atoms with Gasteiger partial charge in [-0.15, -0.1) is 0 Å². The average Bonchev–Trinajstić information content (AvgIpc) is 2.49. The van der Waals surface area contributed by atoms with E-state index in [2.05, 4.69) is 56.7 Å². The number of hydrogen-bond donors (Lipinski definition) is 1. The number of rotatable bonds is 0. The van der Waals surface area contributed by atoms with E-state index >= 15 is 0 Å². The van der Waals surface area contributed by atoms with E-state index in [1.54, 1.807) is 11.8 Å². The molecule has 0 aromatic heterocycles. The summed E-state index contributed by atoms with van der Waals surface area (Å²) < 4.78 is 8.30. The molecule has 0 radical (unpaired) electrons. The number of nitrogens with zero attached hydrogens (tertiary/aromatic N) is 1. The van der Waals surface area contributed by atoms with Crippen molar-refractivity contribution in [2.45, 2.75) is 12.0 Å². The highest BCUT2D eigenvalue weighted by Crippen LogP contribution is 2.53. The van der Waals surface area contributed by atoms with Gasteiger partial charge in [0.1, 0.15) is 17.0 Å². The van der Waals surface area contributed by atoms with E-state index in [0.29, 0.717) is 5.17 Å². The Hall–Kier alpha value is -0.730. The summed E-state index contributed by atoms with van der Waals surface area (Å²) in [5.74, 6) is 2.69. The van der Waals surface area contributed by atoms with Crippen LogP contribution in [0.15, 0.2) is 45.9 Å². The molecule has 0 saturated carbocycles. The van der Waals surface area contributed by atoms with E-state index in [1.165, 1.54) is 3.57 Å². The van der Waals surface area contributed by atoms with Gasteiger partial charge in [-0.1, -0.05) is 27.7 Å². The van der Waals surface area contributed by atoms with Crippen molar-refractivity contribution in [3.63, 3.8) is 0 Å². The van der Waals surface area contributed by atoms with Gasteiger partial charge < -0.3 is 10.5 Å². The largest absolute Gasteiger partial charge is 0.457 e. The van der Waals surface area contributed by atoms with Crippen LogP contribution >= 0.6 is 50.3 Å². The number of ether oxygens (including phenoxy) is 1. The van der Waals surface area contributed by atoms with E-state index in [9.17, 15) is 0 Å². The summed E-state index contributed by atoms with van der Waals surface area (Å²) in [5, 5.41) is 0.642. The Kier molecular flexibility index (Phi) is 3.65. The van der Waals surface area contributed by atoms with Crippen LogP contribution in [-0.2, 0) is 5.54 Å². The Morgan fingerprint density at radius 1 is 1.18 bits per heavy atom. The maximum atomic E-state index is 6.11. The Labute approximate surface area is 155 Å². The molecule has 2 heterocycles. The Bertz CT molecular complexity index is 757. The Morgan fingerprint density at radius 2 is 1.91 bits per heavy atom. The van der Waals surface area contributed by atoms with Gasteiger partial charge in [-0.2, -0.15) is 0 Å². The molecule has 6 heteroatoms. The molecule has 0 bridgehead atoms. The summed E-state index contributed by atoms with van der Waals surface area (Å²) in [4.78, 5) is 4.89. The van der Waals surface area contributed by atoms with Crippen molar-refractivity contribution in [3.8, 4) is 11.5 Å². The van der Waals surface area contributed by atoms with Gasteiger partial charge in [-0.25, -0.2) is 4.99 Å². The lowest BCUT2D eigenvalue weighted by atomic mass is 9.78. The summed E-state index contributed by atoms with van der Waals surface area (Å²) in [6.45, 7) is 0. The quantitative estimate of drug-likeness (QED) is 0.541. The minimum absolute atomic E-state index is 0.441. The standard InChI is InChI=1S/C16H12BrIN2OS/c17-9-1-3-13-11(7-9)16(5-6-22-15(19)20-16)12-8-10(18)2-4-14(12)21-13/h1-4,7-8H,5-6H2,(H2,19,20). The number of nitrogens with two attached hydrogens (primary N) is 1. The summed E-state index contributed by atoms with van der Waals surface area (Å²) >= 11 is 7.51. The molecule has 4 rings (SSSR count). The predicted octanol–water partition coefficient (Wildman–Crippen LogP) is 4.85. The van der Waals surface area contributed by atoms with Crippen LogP contribution in [0.2, 0.25) is 0 Å². The highest BCUT2D eigenvalue weighted by atomic mass is 127. The van der Waals surface area contributed by atoms with Gasteiger partial charge in [0, 0.05) is 24.9 Å². The third-order valence-corrected chi connectivity index (χ3v) is 5.97. The highest BCUT2D eigenvalue weighted by molar-refractivity contribution is 14.1. The number of thioether (sulfide) groups is 1. The van der Waals surface area contributed by atoms with Crippen LogP contribution in [0.3, 0.4) is 0 Å². The molecule has 1 unspecified atom stereocenters. The van der Waals surface area contributed by atoms with E-state index in [0.717, 1.165) is 39.3 Å². The van der Waals surface area contributed by atoms with Crippen LogP contribution in [0.4, 0.5) is 0 Å². The van der Waals surface area contributed by atoms with Crippen LogP contribution in [0, 0.1) is 3.57 Å². The van der Waals surface area contributed by atoms with Crippen molar-refractivity contribution < 1.29 is 4.74 Å². The average molecular weight is 487 g/mol. The molecule has 0 saturated heterocycles. The van der Waals surface area contributed by atoms with Gasteiger partial charge >= 0.3 is 0 Å². The summed E-state index contributed by atoms with van der Waals surface area (Å²) in [5.41, 5.74) is 7.84. The number of amidine groups is 1. The smallest absolute Gasteiger partial charge is 0.155 e. The predicted molar refractivity (Wildman–Crippen MR) is 103 cm³/mol. The molecular weight excluding hydrogens is 475 g/mol. The first-order valence-corrected chi connectivity index (χ1v) is 9.70. The van der Waals surface area contributed by atoms with Crippen molar-refractivity contribution in [1.29, 1.82) is 0 Å². The summed E-state index contributed by atoms with van der Waals surface area (Å²) in [6, 6.07) is 12.3. The normalized spacial score (nSPS) is 22.5. The van der Waals surface area contributed by atoms with Gasteiger partial charge in [-0.05, 0) is 65.4 Å². The molecule has 112 valence electrons. The van der Waals surface area contributed by atoms with Crippen LogP contribution in [0.5, 0.6) is 11.5 Å². The SMILES string of the molecule is NC1=NC2(CCS1)c1cc(Br)ccc1Oc1ccc(I)cc12. The van der Waals surface area contributed by atoms with E-state index in [4.69, 9.17) is 15.5 Å². The molecule has 3 nitrogen and oxygen atoms in total. The molecule has 22 heavy (non-hydrogen) atoms.